The Morgan fingerprint density at radius 2 is 1.58 bits per heavy atom. The first-order valence-corrected chi connectivity index (χ1v) is 8.20. The molecular weight excluding hydrogens is 334 g/mol. The molecule has 0 bridgehead atoms. The van der Waals surface area contributed by atoms with Crippen molar-refractivity contribution in [2.75, 3.05) is 0 Å². The lowest BCUT2D eigenvalue weighted by Gasteiger charge is -2.20. The monoisotopic (exact) mass is 355 g/mol. The van der Waals surface area contributed by atoms with Crippen LogP contribution in [0.4, 0.5) is 0 Å². The number of esters is 1. The summed E-state index contributed by atoms with van der Waals surface area (Å²) in [5.74, 6) is -2.65. The molecule has 0 fully saturated rings. The Kier molecular flexibility index (Phi) is 6.25. The molecule has 3 atom stereocenters. The molecule has 136 valence electrons. The zero-order valence-corrected chi connectivity index (χ0v) is 14.6. The number of hydrogen-bond acceptors (Lipinski definition) is 5. The second kappa shape index (κ2) is 8.40. The van der Waals surface area contributed by atoms with Gasteiger partial charge in [0.15, 0.2) is 5.78 Å². The Morgan fingerprint density at radius 1 is 0.962 bits per heavy atom. The van der Waals surface area contributed by atoms with Crippen molar-refractivity contribution in [3.8, 4) is 0 Å². The number of ether oxygens (including phenoxy) is 1. The second-order valence-corrected chi connectivity index (χ2v) is 6.05. The van der Waals surface area contributed by atoms with E-state index in [0.717, 1.165) is 0 Å². The Labute approximate surface area is 151 Å². The molecule has 0 amide bonds. The molecule has 2 rings (SSSR count). The van der Waals surface area contributed by atoms with Crippen LogP contribution in [0.25, 0.3) is 0 Å². The van der Waals surface area contributed by atoms with Gasteiger partial charge in [0.25, 0.3) is 0 Å². The molecule has 2 aromatic rings. The lowest BCUT2D eigenvalue weighted by Crippen LogP contribution is -2.43. The Morgan fingerprint density at radius 3 is 2.19 bits per heavy atom. The van der Waals surface area contributed by atoms with Crippen LogP contribution in [0.15, 0.2) is 54.6 Å². The summed E-state index contributed by atoms with van der Waals surface area (Å²) in [5.41, 5.74) is 7.08. The molecule has 0 saturated carbocycles. The fourth-order valence-corrected chi connectivity index (χ4v) is 2.40. The Hall–Kier alpha value is -2.99. The van der Waals surface area contributed by atoms with E-state index in [0.29, 0.717) is 16.7 Å². The molecule has 0 unspecified atom stereocenters. The van der Waals surface area contributed by atoms with E-state index >= 15 is 0 Å². The minimum Gasteiger partial charge on any atom is -0.480 e. The number of benzene rings is 2. The van der Waals surface area contributed by atoms with Crippen LogP contribution in [0.2, 0.25) is 0 Å². The van der Waals surface area contributed by atoms with Crippen LogP contribution in [-0.2, 0) is 14.3 Å². The van der Waals surface area contributed by atoms with E-state index in [9.17, 15) is 14.4 Å². The van der Waals surface area contributed by atoms with Crippen LogP contribution in [0, 0.1) is 0 Å². The first-order valence-electron chi connectivity index (χ1n) is 8.20. The van der Waals surface area contributed by atoms with Crippen molar-refractivity contribution in [3.05, 3.63) is 71.3 Å². The molecule has 0 radical (unpaired) electrons. The molecular formula is C20H21NO5. The van der Waals surface area contributed by atoms with Gasteiger partial charge >= 0.3 is 11.9 Å². The first-order chi connectivity index (χ1) is 12.3. The summed E-state index contributed by atoms with van der Waals surface area (Å²) in [7, 11) is 0. The predicted molar refractivity (Wildman–Crippen MR) is 95.9 cm³/mol. The molecule has 6 nitrogen and oxygen atoms in total. The number of hydrogen-bond donors (Lipinski definition) is 2. The minimum atomic E-state index is -1.29. The van der Waals surface area contributed by atoms with E-state index in [1.165, 1.54) is 6.92 Å². The number of nitrogens with two attached hydrogens (primary N) is 1. The minimum absolute atomic E-state index is 0.144. The highest BCUT2D eigenvalue weighted by Crippen LogP contribution is 2.21. The molecule has 0 heterocycles. The number of carboxylic acids is 1. The van der Waals surface area contributed by atoms with Crippen molar-refractivity contribution < 1.29 is 24.2 Å². The van der Waals surface area contributed by atoms with Crippen LogP contribution in [0.3, 0.4) is 0 Å². The van der Waals surface area contributed by atoms with Crippen LogP contribution in [-0.4, -0.2) is 35.0 Å². The molecule has 3 N–H and O–H groups in total. The van der Waals surface area contributed by atoms with Crippen molar-refractivity contribution >= 4 is 17.7 Å². The number of ketones is 1. The Bertz CT molecular complexity index is 803. The fraction of sp³-hybridized carbons (Fsp3) is 0.250. The van der Waals surface area contributed by atoms with Gasteiger partial charge in [-0.2, -0.15) is 0 Å². The third-order valence-corrected chi connectivity index (χ3v) is 4.13. The SMILES string of the molecule is C[C@H](C(=O)O[C@H](C)[C@H](N)C(=O)O)c1cccc(C(=O)c2ccccc2)c1. The molecule has 0 aliphatic rings. The van der Waals surface area contributed by atoms with E-state index in [1.54, 1.807) is 55.5 Å². The summed E-state index contributed by atoms with van der Waals surface area (Å²) in [6, 6.07) is 14.3. The smallest absolute Gasteiger partial charge is 0.324 e. The van der Waals surface area contributed by atoms with Gasteiger partial charge in [0, 0.05) is 11.1 Å². The second-order valence-electron chi connectivity index (χ2n) is 6.05. The van der Waals surface area contributed by atoms with Crippen molar-refractivity contribution in [3.63, 3.8) is 0 Å². The van der Waals surface area contributed by atoms with Crippen LogP contribution in [0.5, 0.6) is 0 Å². The normalized spacial score (nSPS) is 14.1. The van der Waals surface area contributed by atoms with E-state index < -0.39 is 30.0 Å². The molecule has 0 aliphatic carbocycles. The molecule has 6 heteroatoms. The van der Waals surface area contributed by atoms with Crippen LogP contribution >= 0.6 is 0 Å². The number of carbonyl (C=O) groups excluding carboxylic acids is 2. The van der Waals surface area contributed by atoms with Crippen molar-refractivity contribution in [2.24, 2.45) is 5.73 Å². The molecule has 0 spiro atoms. The Balaban J connectivity index is 2.15. The lowest BCUT2D eigenvalue weighted by molar-refractivity contribution is -0.154. The van der Waals surface area contributed by atoms with E-state index in [4.69, 9.17) is 15.6 Å². The summed E-state index contributed by atoms with van der Waals surface area (Å²) in [6.07, 6.45) is -0.961. The highest BCUT2D eigenvalue weighted by molar-refractivity contribution is 6.09. The highest BCUT2D eigenvalue weighted by Gasteiger charge is 2.26. The molecule has 0 aliphatic heterocycles. The van der Waals surface area contributed by atoms with Crippen molar-refractivity contribution in [1.29, 1.82) is 0 Å². The fourth-order valence-electron chi connectivity index (χ4n) is 2.40. The number of carboxylic acid groups (broad SMARTS) is 1. The molecule has 2 aromatic carbocycles. The topological polar surface area (TPSA) is 107 Å². The van der Waals surface area contributed by atoms with Crippen LogP contribution in [0.1, 0.15) is 41.3 Å². The van der Waals surface area contributed by atoms with Gasteiger partial charge in [-0.3, -0.25) is 14.4 Å². The standard InChI is InChI=1S/C20H21NO5/c1-12(20(25)26-13(2)17(21)19(23)24)15-9-6-10-16(11-15)18(22)14-7-4-3-5-8-14/h3-13,17H,21H2,1-2H3,(H,23,24)/t12-,13+,17-/m0/s1. The molecule has 0 saturated heterocycles. The van der Waals surface area contributed by atoms with E-state index in [1.807, 2.05) is 6.07 Å². The van der Waals surface area contributed by atoms with Gasteiger partial charge < -0.3 is 15.6 Å². The number of carbonyl (C=O) groups is 3. The number of aliphatic carboxylic acids is 1. The summed E-state index contributed by atoms with van der Waals surface area (Å²) in [5, 5.41) is 8.87. The maximum atomic E-state index is 12.5. The summed E-state index contributed by atoms with van der Waals surface area (Å²) < 4.78 is 5.14. The van der Waals surface area contributed by atoms with Gasteiger partial charge in [0.2, 0.25) is 0 Å². The van der Waals surface area contributed by atoms with Gasteiger partial charge in [-0.25, -0.2) is 0 Å². The van der Waals surface area contributed by atoms with Gasteiger partial charge in [-0.15, -0.1) is 0 Å². The first kappa shape index (κ1) is 19.3. The van der Waals surface area contributed by atoms with Gasteiger partial charge in [-0.1, -0.05) is 48.5 Å². The van der Waals surface area contributed by atoms with E-state index in [-0.39, 0.29) is 5.78 Å². The predicted octanol–water partition coefficient (Wildman–Crippen LogP) is 2.36. The third-order valence-electron chi connectivity index (χ3n) is 4.13. The highest BCUT2D eigenvalue weighted by atomic mass is 16.5. The third kappa shape index (κ3) is 4.55. The maximum absolute atomic E-state index is 12.5. The summed E-state index contributed by atoms with van der Waals surface area (Å²) in [6.45, 7) is 3.06. The van der Waals surface area contributed by atoms with E-state index in [2.05, 4.69) is 0 Å². The maximum Gasteiger partial charge on any atom is 0.324 e. The van der Waals surface area contributed by atoms with Crippen molar-refractivity contribution in [1.82, 2.24) is 0 Å². The summed E-state index contributed by atoms with van der Waals surface area (Å²) in [4.78, 5) is 35.7. The zero-order valence-electron chi connectivity index (χ0n) is 14.6. The van der Waals surface area contributed by atoms with Crippen molar-refractivity contribution in [2.45, 2.75) is 31.9 Å². The molecule has 26 heavy (non-hydrogen) atoms. The molecule has 0 aromatic heterocycles. The number of rotatable bonds is 7. The average molecular weight is 355 g/mol. The average Bonchev–Trinajstić information content (AvgIpc) is 2.66. The lowest BCUT2D eigenvalue weighted by atomic mass is 9.95. The van der Waals surface area contributed by atoms with Gasteiger partial charge in [0.05, 0.1) is 5.92 Å². The quantitative estimate of drug-likeness (QED) is 0.583. The largest absolute Gasteiger partial charge is 0.480 e. The van der Waals surface area contributed by atoms with Crippen LogP contribution < -0.4 is 5.73 Å². The van der Waals surface area contributed by atoms with Gasteiger partial charge in [0.1, 0.15) is 12.1 Å². The zero-order chi connectivity index (χ0) is 19.3. The summed E-state index contributed by atoms with van der Waals surface area (Å²) >= 11 is 0. The van der Waals surface area contributed by atoms with Gasteiger partial charge in [-0.05, 0) is 25.5 Å².